The lowest BCUT2D eigenvalue weighted by molar-refractivity contribution is 0.124. The van der Waals surface area contributed by atoms with Gasteiger partial charge in [0.15, 0.2) is 0 Å². The molecular formula is C26H29NO. The van der Waals surface area contributed by atoms with Crippen molar-refractivity contribution in [3.8, 4) is 22.3 Å². The maximum Gasteiger partial charge on any atom is 0.0546 e. The Morgan fingerprint density at radius 2 is 1.43 bits per heavy atom. The number of nitrogens with zero attached hydrogens (tertiary/aromatic N) is 1. The molecule has 0 N–H and O–H groups in total. The zero-order chi connectivity index (χ0) is 19.5. The first-order chi connectivity index (χ1) is 13.7. The highest BCUT2D eigenvalue weighted by molar-refractivity contribution is 5.71. The van der Waals surface area contributed by atoms with E-state index in [4.69, 9.17) is 4.74 Å². The zero-order valence-electron chi connectivity index (χ0n) is 17.1. The number of likely N-dealkylation sites (N-methyl/N-ethyl adjacent to an activating group) is 1. The van der Waals surface area contributed by atoms with Gasteiger partial charge in [0, 0.05) is 19.1 Å². The van der Waals surface area contributed by atoms with Gasteiger partial charge in [-0.25, -0.2) is 0 Å². The standard InChI is InChI=1S/C26H29NO/c1-27(2)26-16-14-23-17-22(13-15-24(23)25(26)18-28-3)21-11-9-20(10-12-21)19-7-5-4-6-8-19/h4-13,15,17,25-26H,14,16,18H2,1-3H3. The number of rotatable bonds is 5. The lowest BCUT2D eigenvalue weighted by atomic mass is 9.78. The summed E-state index contributed by atoms with van der Waals surface area (Å²) >= 11 is 0. The fraction of sp³-hybridized carbons (Fsp3) is 0.308. The fourth-order valence-electron chi connectivity index (χ4n) is 4.56. The molecule has 2 nitrogen and oxygen atoms in total. The van der Waals surface area contributed by atoms with Gasteiger partial charge in [0.25, 0.3) is 0 Å². The molecule has 0 saturated carbocycles. The smallest absolute Gasteiger partial charge is 0.0546 e. The van der Waals surface area contributed by atoms with Gasteiger partial charge in [-0.2, -0.15) is 0 Å². The average Bonchev–Trinajstić information content (AvgIpc) is 2.74. The van der Waals surface area contributed by atoms with Crippen molar-refractivity contribution in [2.75, 3.05) is 27.8 Å². The first kappa shape index (κ1) is 18.9. The second-order valence-electron chi connectivity index (χ2n) is 7.99. The highest BCUT2D eigenvalue weighted by Crippen LogP contribution is 2.36. The third kappa shape index (κ3) is 3.76. The van der Waals surface area contributed by atoms with Crippen LogP contribution < -0.4 is 0 Å². The highest BCUT2D eigenvalue weighted by Gasteiger charge is 2.31. The minimum absolute atomic E-state index is 0.443. The Hall–Kier alpha value is -2.42. The van der Waals surface area contributed by atoms with Gasteiger partial charge in [0.2, 0.25) is 0 Å². The van der Waals surface area contributed by atoms with Crippen molar-refractivity contribution in [3.05, 3.63) is 83.9 Å². The van der Waals surface area contributed by atoms with Crippen LogP contribution in [-0.4, -0.2) is 38.8 Å². The molecule has 1 aliphatic carbocycles. The van der Waals surface area contributed by atoms with Crippen LogP contribution >= 0.6 is 0 Å². The molecule has 2 heteroatoms. The monoisotopic (exact) mass is 371 g/mol. The van der Waals surface area contributed by atoms with Crippen molar-refractivity contribution in [2.45, 2.75) is 24.8 Å². The van der Waals surface area contributed by atoms with Gasteiger partial charge in [-0.1, -0.05) is 72.8 Å². The number of benzene rings is 3. The van der Waals surface area contributed by atoms with E-state index in [2.05, 4.69) is 91.8 Å². The van der Waals surface area contributed by atoms with E-state index < -0.39 is 0 Å². The number of methoxy groups -OCH3 is 1. The van der Waals surface area contributed by atoms with Crippen LogP contribution in [0.4, 0.5) is 0 Å². The highest BCUT2D eigenvalue weighted by atomic mass is 16.5. The van der Waals surface area contributed by atoms with Gasteiger partial charge < -0.3 is 9.64 Å². The second-order valence-corrected chi connectivity index (χ2v) is 7.99. The molecule has 144 valence electrons. The van der Waals surface area contributed by atoms with Crippen LogP contribution in [0, 0.1) is 0 Å². The quantitative estimate of drug-likeness (QED) is 0.576. The normalized spacial score (nSPS) is 18.9. The zero-order valence-corrected chi connectivity index (χ0v) is 17.1. The minimum Gasteiger partial charge on any atom is -0.384 e. The summed E-state index contributed by atoms with van der Waals surface area (Å²) in [5.41, 5.74) is 8.03. The Kier molecular flexibility index (Phi) is 5.61. The summed E-state index contributed by atoms with van der Waals surface area (Å²) in [6, 6.07) is 27.0. The van der Waals surface area contributed by atoms with Crippen LogP contribution in [0.2, 0.25) is 0 Å². The summed E-state index contributed by atoms with van der Waals surface area (Å²) in [5.74, 6) is 0.443. The molecule has 0 spiro atoms. The topological polar surface area (TPSA) is 12.5 Å². The Morgan fingerprint density at radius 3 is 2.07 bits per heavy atom. The number of aryl methyl sites for hydroxylation is 1. The summed E-state index contributed by atoms with van der Waals surface area (Å²) in [5, 5.41) is 0. The largest absolute Gasteiger partial charge is 0.384 e. The first-order valence-electron chi connectivity index (χ1n) is 10.1. The third-order valence-electron chi connectivity index (χ3n) is 6.05. The van der Waals surface area contributed by atoms with Crippen LogP contribution in [0.15, 0.2) is 72.8 Å². The summed E-state index contributed by atoms with van der Waals surface area (Å²) in [6.07, 6.45) is 2.32. The van der Waals surface area contributed by atoms with Gasteiger partial charge in [0.05, 0.1) is 6.61 Å². The van der Waals surface area contributed by atoms with E-state index in [0.29, 0.717) is 12.0 Å². The fourth-order valence-corrected chi connectivity index (χ4v) is 4.56. The molecule has 3 aromatic rings. The molecule has 0 amide bonds. The SMILES string of the molecule is COCC1c2ccc(-c3ccc(-c4ccccc4)cc3)cc2CCC1N(C)C. The Bertz CT molecular complexity index is 915. The summed E-state index contributed by atoms with van der Waals surface area (Å²) in [4.78, 5) is 2.35. The van der Waals surface area contributed by atoms with Crippen molar-refractivity contribution in [3.63, 3.8) is 0 Å². The minimum atomic E-state index is 0.443. The molecule has 0 heterocycles. The first-order valence-corrected chi connectivity index (χ1v) is 10.1. The van der Waals surface area contributed by atoms with Crippen molar-refractivity contribution >= 4 is 0 Å². The van der Waals surface area contributed by atoms with Gasteiger partial charge in [-0.3, -0.25) is 0 Å². The molecule has 1 aliphatic rings. The van der Waals surface area contributed by atoms with E-state index in [0.717, 1.165) is 13.0 Å². The number of hydrogen-bond acceptors (Lipinski definition) is 2. The van der Waals surface area contributed by atoms with E-state index in [9.17, 15) is 0 Å². The molecule has 28 heavy (non-hydrogen) atoms. The molecule has 2 unspecified atom stereocenters. The second kappa shape index (κ2) is 8.30. The van der Waals surface area contributed by atoms with E-state index in [1.54, 1.807) is 0 Å². The van der Waals surface area contributed by atoms with Crippen molar-refractivity contribution in [2.24, 2.45) is 0 Å². The summed E-state index contributed by atoms with van der Waals surface area (Å²) in [6.45, 7) is 0.779. The third-order valence-corrected chi connectivity index (χ3v) is 6.05. The lowest BCUT2D eigenvalue weighted by Gasteiger charge is -2.37. The van der Waals surface area contributed by atoms with Crippen LogP contribution in [0.25, 0.3) is 22.3 Å². The average molecular weight is 372 g/mol. The van der Waals surface area contributed by atoms with E-state index in [1.165, 1.54) is 39.8 Å². The summed E-state index contributed by atoms with van der Waals surface area (Å²) < 4.78 is 5.56. The van der Waals surface area contributed by atoms with E-state index in [1.807, 2.05) is 7.11 Å². The number of hydrogen-bond donors (Lipinski definition) is 0. The molecule has 2 atom stereocenters. The molecule has 0 radical (unpaired) electrons. The molecule has 4 rings (SSSR count). The number of ether oxygens (including phenoxy) is 1. The molecule has 0 aliphatic heterocycles. The van der Waals surface area contributed by atoms with Crippen LogP contribution in [-0.2, 0) is 11.2 Å². The van der Waals surface area contributed by atoms with E-state index in [-0.39, 0.29) is 0 Å². The maximum absolute atomic E-state index is 5.56. The van der Waals surface area contributed by atoms with Crippen molar-refractivity contribution < 1.29 is 4.74 Å². The van der Waals surface area contributed by atoms with Gasteiger partial charge in [0.1, 0.15) is 0 Å². The number of fused-ring (bicyclic) bond motifs is 1. The molecule has 0 saturated heterocycles. The van der Waals surface area contributed by atoms with Gasteiger partial charge in [-0.15, -0.1) is 0 Å². The summed E-state index contributed by atoms with van der Waals surface area (Å²) in [7, 11) is 6.17. The Labute approximate surface area is 168 Å². The lowest BCUT2D eigenvalue weighted by Crippen LogP contribution is -2.39. The van der Waals surface area contributed by atoms with E-state index >= 15 is 0 Å². The Morgan fingerprint density at radius 1 is 0.821 bits per heavy atom. The Balaban J connectivity index is 1.62. The van der Waals surface area contributed by atoms with Crippen molar-refractivity contribution in [1.82, 2.24) is 4.90 Å². The molecular weight excluding hydrogens is 342 g/mol. The van der Waals surface area contributed by atoms with Crippen LogP contribution in [0.5, 0.6) is 0 Å². The van der Waals surface area contributed by atoms with Crippen molar-refractivity contribution in [1.29, 1.82) is 0 Å². The predicted octanol–water partition coefficient (Wildman–Crippen LogP) is 5.63. The predicted molar refractivity (Wildman–Crippen MR) is 118 cm³/mol. The molecule has 0 aromatic heterocycles. The molecule has 0 fully saturated rings. The van der Waals surface area contributed by atoms with Gasteiger partial charge >= 0.3 is 0 Å². The maximum atomic E-state index is 5.56. The molecule has 3 aromatic carbocycles. The van der Waals surface area contributed by atoms with Crippen LogP contribution in [0.3, 0.4) is 0 Å². The van der Waals surface area contributed by atoms with Gasteiger partial charge in [-0.05, 0) is 60.3 Å². The van der Waals surface area contributed by atoms with Crippen LogP contribution in [0.1, 0.15) is 23.5 Å². The molecule has 0 bridgehead atoms.